The molecule has 5 unspecified atom stereocenters. The van der Waals surface area contributed by atoms with Crippen molar-refractivity contribution in [3.05, 3.63) is 6.42 Å². The van der Waals surface area contributed by atoms with Crippen LogP contribution in [0.5, 0.6) is 0 Å². The van der Waals surface area contributed by atoms with E-state index in [4.69, 9.17) is 15.3 Å². The van der Waals surface area contributed by atoms with Gasteiger partial charge in [-0.3, -0.25) is 0 Å². The van der Waals surface area contributed by atoms with Crippen LogP contribution < -0.4 is 0 Å². The van der Waals surface area contributed by atoms with Gasteiger partial charge in [-0.25, -0.2) is 0 Å². The van der Waals surface area contributed by atoms with Gasteiger partial charge in [-0.05, 0) is 77.3 Å². The summed E-state index contributed by atoms with van der Waals surface area (Å²) in [6.07, 6.45) is 5.49. The summed E-state index contributed by atoms with van der Waals surface area (Å²) in [6, 6.07) is 0. The first-order chi connectivity index (χ1) is 17.4. The van der Waals surface area contributed by atoms with Gasteiger partial charge in [0, 0.05) is 78.2 Å². The molecule has 0 aromatic heterocycles. The molecule has 5 rings (SSSR count). The summed E-state index contributed by atoms with van der Waals surface area (Å²) >= 11 is 0. The summed E-state index contributed by atoms with van der Waals surface area (Å²) in [4.78, 5) is 9.11. The van der Waals surface area contributed by atoms with E-state index in [1.54, 1.807) is 0 Å². The fraction of sp³-hybridized carbons (Fsp3) is 0.966. The number of nitrogens with zero attached hydrogens (tertiary/aromatic N) is 4. The molecule has 39 heavy (non-hydrogen) atoms. The molecule has 1 aliphatic carbocycles. The molecule has 4 heterocycles. The van der Waals surface area contributed by atoms with E-state index in [2.05, 4.69) is 75.0 Å². The molecule has 0 aromatic carbocycles. The Morgan fingerprint density at radius 2 is 1.46 bits per heavy atom. The molecule has 8 nitrogen and oxygen atoms in total. The smallest absolute Gasteiger partial charge is 0.0817 e. The van der Waals surface area contributed by atoms with Crippen LogP contribution in [0.2, 0.25) is 0 Å². The molecule has 5 atom stereocenters. The third-order valence-corrected chi connectivity index (χ3v) is 9.12. The first-order valence-corrected chi connectivity index (χ1v) is 14.4. The average Bonchev–Trinajstić information content (AvgIpc) is 3.08. The molecule has 4 aliphatic heterocycles. The van der Waals surface area contributed by atoms with Gasteiger partial charge in [0.1, 0.15) is 0 Å². The molecule has 5 fully saturated rings. The predicted octanol–water partition coefficient (Wildman–Crippen LogP) is 0.948. The molecular formula is C29H59N4O4ReRf-. The molecular weight excluding hydrogens is 922 g/mol. The molecule has 4 saturated heterocycles. The van der Waals surface area contributed by atoms with Gasteiger partial charge in [0.25, 0.3) is 0 Å². The van der Waals surface area contributed by atoms with Gasteiger partial charge in [-0.1, -0.05) is 20.8 Å². The van der Waals surface area contributed by atoms with Gasteiger partial charge >= 0.3 is 0 Å². The van der Waals surface area contributed by atoms with Crippen molar-refractivity contribution < 1.29 is 40.8 Å². The van der Waals surface area contributed by atoms with E-state index in [1.807, 2.05) is 0 Å². The summed E-state index contributed by atoms with van der Waals surface area (Å²) in [5.41, 5.74) is 0.681. The van der Waals surface area contributed by atoms with E-state index < -0.39 is 6.10 Å². The zero-order chi connectivity index (χ0) is 27.8. The van der Waals surface area contributed by atoms with E-state index in [1.165, 1.54) is 32.4 Å². The average molecular weight is 981 g/mol. The Morgan fingerprint density at radius 1 is 0.846 bits per heavy atom. The minimum atomic E-state index is -0.502. The minimum Gasteiger partial charge on any atom is -0.396 e. The summed E-state index contributed by atoms with van der Waals surface area (Å²) < 4.78 is 0. The van der Waals surface area contributed by atoms with Crippen LogP contribution in [0.3, 0.4) is 0 Å². The Bertz CT molecular complexity index is 653. The van der Waals surface area contributed by atoms with E-state index in [-0.39, 0.29) is 27.0 Å². The molecule has 0 aromatic rings. The van der Waals surface area contributed by atoms with Gasteiger partial charge in [-0.2, -0.15) is 5.92 Å². The van der Waals surface area contributed by atoms with Crippen LogP contribution in [0.4, 0.5) is 0 Å². The second kappa shape index (κ2) is 17.3. The van der Waals surface area contributed by atoms with E-state index >= 15 is 0 Å². The van der Waals surface area contributed by atoms with Crippen molar-refractivity contribution in [3.63, 3.8) is 0 Å². The number of hydrogen-bond donors (Lipinski definition) is 4. The first kappa shape index (κ1) is 38.3. The molecule has 229 valence electrons. The summed E-state index contributed by atoms with van der Waals surface area (Å²) in [6.45, 7) is 16.2. The number of likely N-dealkylation sites (tertiary alicyclic amines) is 4. The van der Waals surface area contributed by atoms with Gasteiger partial charge < -0.3 is 46.4 Å². The van der Waals surface area contributed by atoms with Gasteiger partial charge in [0.15, 0.2) is 0 Å². The molecule has 0 amide bonds. The Kier molecular flexibility index (Phi) is 17.0. The van der Waals surface area contributed by atoms with Gasteiger partial charge in [0.05, 0.1) is 12.7 Å². The number of aliphatic hydroxyl groups is 4. The standard InChI is InChI=1S/C9H17NO2.C8H17NO.C6H13NO.C6H12N.Re.Rf/c1-10-4-7(8(12)5-11)9(6-10)2-3-9;1-8(2)6-9(3)4-7(8)5-10;1-7-3-2-6(4-7)5-8;1-6-3-4-7(2)5-6;;/h7-8,11-12H,2-6H2,1H3;7,10H,4-6H2,1-3H3;6,8H,2-5H2,1H3;3,6H,4-5H2,1-2H3;;/q;;;-1;;. The van der Waals surface area contributed by atoms with Gasteiger partial charge in [-0.15, -0.1) is 6.54 Å². The monoisotopic (exact) mass is 982 g/mol. The van der Waals surface area contributed by atoms with E-state index in [9.17, 15) is 5.11 Å². The minimum absolute atomic E-state index is 0. The third-order valence-electron chi connectivity index (χ3n) is 9.12. The second-order valence-electron chi connectivity index (χ2n) is 13.5. The molecule has 1 spiro atoms. The van der Waals surface area contributed by atoms with Crippen molar-refractivity contribution in [1.82, 2.24) is 19.6 Å². The summed E-state index contributed by atoms with van der Waals surface area (Å²) in [5.74, 6) is 2.16. The zero-order valence-electron chi connectivity index (χ0n) is 26.0. The van der Waals surface area contributed by atoms with Crippen molar-refractivity contribution in [3.8, 4) is 0 Å². The zero-order valence-corrected chi connectivity index (χ0v) is 35.1. The predicted molar refractivity (Wildman–Crippen MR) is 151 cm³/mol. The Hall–Kier alpha value is -0.658. The number of rotatable bonds is 4. The van der Waals surface area contributed by atoms with Crippen LogP contribution in [0.1, 0.15) is 40.0 Å². The Labute approximate surface area is 247 Å². The van der Waals surface area contributed by atoms with Crippen molar-refractivity contribution in [2.45, 2.75) is 46.1 Å². The number of aliphatic hydroxyl groups excluding tert-OH is 4. The van der Waals surface area contributed by atoms with Crippen LogP contribution in [-0.2, 0) is 20.4 Å². The second-order valence-corrected chi connectivity index (χ2v) is 13.5. The fourth-order valence-corrected chi connectivity index (χ4v) is 6.59. The van der Waals surface area contributed by atoms with E-state index in [0.29, 0.717) is 41.8 Å². The van der Waals surface area contributed by atoms with Crippen molar-refractivity contribution in [1.29, 1.82) is 0 Å². The maximum Gasteiger partial charge on any atom is 0.0817 e. The summed E-state index contributed by atoms with van der Waals surface area (Å²) in [7, 11) is 8.44. The SMILES string of the molecule is CC1[CH-]CN(C)C1.CN1CC(C(O)CO)C2(CC2)C1.CN1CC(CO)C(C)(C)C1.CN1CCC(CO)C1.[Re].[Rf]. The first-order valence-electron chi connectivity index (χ1n) is 14.4. The normalized spacial score (nSPS) is 32.1. The van der Waals surface area contributed by atoms with Crippen LogP contribution in [0.15, 0.2) is 0 Å². The van der Waals surface area contributed by atoms with Crippen LogP contribution in [0, 0.1) is 40.9 Å². The van der Waals surface area contributed by atoms with Crippen LogP contribution >= 0.6 is 0 Å². The largest absolute Gasteiger partial charge is 0.396 e. The maximum atomic E-state index is 9.57. The Balaban J connectivity index is 0.000000495. The van der Waals surface area contributed by atoms with E-state index in [0.717, 1.165) is 45.2 Å². The Morgan fingerprint density at radius 3 is 1.74 bits per heavy atom. The van der Waals surface area contributed by atoms with Crippen molar-refractivity contribution in [2.24, 2.45) is 34.5 Å². The topological polar surface area (TPSA) is 93.9 Å². The summed E-state index contributed by atoms with van der Waals surface area (Å²) in [5, 5.41) is 36.1. The quantitative estimate of drug-likeness (QED) is 0.310. The molecule has 1 radical (unpaired) electrons. The third kappa shape index (κ3) is 12.0. The molecule has 4 N–H and O–H groups in total. The maximum absolute atomic E-state index is 9.57. The van der Waals surface area contributed by atoms with Crippen LogP contribution in [-0.4, -0.2) is 146 Å². The molecule has 10 heteroatoms. The molecule has 1 saturated carbocycles. The molecule has 5 aliphatic rings. The van der Waals surface area contributed by atoms with Crippen LogP contribution in [0.25, 0.3) is 0 Å². The van der Waals surface area contributed by atoms with Crippen molar-refractivity contribution in [2.75, 3.05) is 100 Å². The fourth-order valence-electron chi connectivity index (χ4n) is 6.59. The van der Waals surface area contributed by atoms with Crippen molar-refractivity contribution >= 4 is 0 Å². The van der Waals surface area contributed by atoms with Gasteiger partial charge in [0.2, 0.25) is 0 Å². The number of hydrogen-bond acceptors (Lipinski definition) is 8. The molecule has 0 bridgehead atoms.